The summed E-state index contributed by atoms with van der Waals surface area (Å²) in [6.07, 6.45) is 6.08. The summed E-state index contributed by atoms with van der Waals surface area (Å²) in [4.78, 5) is 17.4. The van der Waals surface area contributed by atoms with E-state index in [9.17, 15) is 4.79 Å². The number of rotatable bonds is 6. The van der Waals surface area contributed by atoms with Crippen molar-refractivity contribution < 1.29 is 4.79 Å². The van der Waals surface area contributed by atoms with Crippen molar-refractivity contribution in [1.82, 2.24) is 29.7 Å². The Morgan fingerprint density at radius 2 is 1.97 bits per heavy atom. The summed E-state index contributed by atoms with van der Waals surface area (Å²) in [6, 6.07) is 11.8. The second-order valence-electron chi connectivity index (χ2n) is 6.95. The van der Waals surface area contributed by atoms with E-state index in [2.05, 4.69) is 27.4 Å². The van der Waals surface area contributed by atoms with Gasteiger partial charge in [-0.15, -0.1) is 0 Å². The highest BCUT2D eigenvalue weighted by Crippen LogP contribution is 2.24. The Hall–Kier alpha value is -3.48. The van der Waals surface area contributed by atoms with Gasteiger partial charge < -0.3 is 5.32 Å². The molecule has 0 aliphatic rings. The van der Waals surface area contributed by atoms with Gasteiger partial charge in [0.25, 0.3) is 5.91 Å². The van der Waals surface area contributed by atoms with Gasteiger partial charge in [-0.1, -0.05) is 37.3 Å². The minimum atomic E-state index is -0.179. The average Bonchev–Trinajstić information content (AvgIpc) is 3.35. The molecule has 0 fully saturated rings. The van der Waals surface area contributed by atoms with Crippen LogP contribution in [0.5, 0.6) is 0 Å². The number of carbonyl (C=O) groups excluding carboxylic acids is 1. The molecule has 0 saturated carbocycles. The van der Waals surface area contributed by atoms with Crippen LogP contribution < -0.4 is 5.32 Å². The fraction of sp³-hybridized carbons (Fsp3) is 0.273. The van der Waals surface area contributed by atoms with Crippen molar-refractivity contribution in [2.75, 3.05) is 0 Å². The molecule has 0 bridgehead atoms. The van der Waals surface area contributed by atoms with Crippen LogP contribution in [0.15, 0.2) is 55.0 Å². The third kappa shape index (κ3) is 3.51. The summed E-state index contributed by atoms with van der Waals surface area (Å²) in [5.41, 5.74) is 4.83. The SMILES string of the molecule is CCC(NC(=O)c1cnn2c(-c3cn(CC)nc3C)ccnc12)c1ccccc1. The van der Waals surface area contributed by atoms with Crippen LogP contribution in [0.2, 0.25) is 0 Å². The van der Waals surface area contributed by atoms with Gasteiger partial charge in [-0.3, -0.25) is 9.48 Å². The number of aromatic nitrogens is 5. The van der Waals surface area contributed by atoms with Gasteiger partial charge in [0.2, 0.25) is 0 Å². The predicted molar refractivity (Wildman–Crippen MR) is 112 cm³/mol. The zero-order chi connectivity index (χ0) is 20.4. The maximum atomic E-state index is 13.0. The molecule has 3 heterocycles. The Morgan fingerprint density at radius 1 is 1.17 bits per heavy atom. The molecule has 1 amide bonds. The molecule has 1 N–H and O–H groups in total. The molecule has 1 aromatic carbocycles. The molecular weight excluding hydrogens is 364 g/mol. The summed E-state index contributed by atoms with van der Waals surface area (Å²) in [6.45, 7) is 6.86. The molecule has 148 valence electrons. The van der Waals surface area contributed by atoms with Crippen molar-refractivity contribution in [3.8, 4) is 11.3 Å². The molecular formula is C22H24N6O. The topological polar surface area (TPSA) is 77.1 Å². The van der Waals surface area contributed by atoms with Gasteiger partial charge in [0.15, 0.2) is 5.65 Å². The van der Waals surface area contributed by atoms with Crippen LogP contribution in [0.1, 0.15) is 47.9 Å². The first-order chi connectivity index (χ1) is 14.1. The summed E-state index contributed by atoms with van der Waals surface area (Å²) in [7, 11) is 0. The molecule has 4 rings (SSSR count). The number of hydrogen-bond donors (Lipinski definition) is 1. The largest absolute Gasteiger partial charge is 0.345 e. The highest BCUT2D eigenvalue weighted by atomic mass is 16.1. The van der Waals surface area contributed by atoms with Crippen LogP contribution in [0.25, 0.3) is 16.9 Å². The lowest BCUT2D eigenvalue weighted by atomic mass is 10.0. The normalized spacial score (nSPS) is 12.2. The number of nitrogens with zero attached hydrogens (tertiary/aromatic N) is 5. The van der Waals surface area contributed by atoms with Crippen molar-refractivity contribution in [2.45, 2.75) is 39.8 Å². The van der Waals surface area contributed by atoms with E-state index >= 15 is 0 Å². The maximum absolute atomic E-state index is 13.0. The monoisotopic (exact) mass is 388 g/mol. The van der Waals surface area contributed by atoms with Crippen LogP contribution in [0, 0.1) is 6.92 Å². The maximum Gasteiger partial charge on any atom is 0.257 e. The molecule has 7 heteroatoms. The fourth-order valence-corrected chi connectivity index (χ4v) is 3.53. The van der Waals surface area contributed by atoms with Gasteiger partial charge in [-0.05, 0) is 31.9 Å². The van der Waals surface area contributed by atoms with E-state index in [0.717, 1.165) is 35.5 Å². The molecule has 0 saturated heterocycles. The second-order valence-corrected chi connectivity index (χ2v) is 6.95. The van der Waals surface area contributed by atoms with Crippen LogP contribution in [-0.4, -0.2) is 30.3 Å². The molecule has 4 aromatic rings. The van der Waals surface area contributed by atoms with Crippen LogP contribution >= 0.6 is 0 Å². The zero-order valence-corrected chi connectivity index (χ0v) is 16.8. The summed E-state index contributed by atoms with van der Waals surface area (Å²) in [5, 5.41) is 12.1. The van der Waals surface area contributed by atoms with E-state index in [0.29, 0.717) is 11.2 Å². The van der Waals surface area contributed by atoms with E-state index in [1.165, 1.54) is 0 Å². The number of carbonyl (C=O) groups is 1. The number of nitrogens with one attached hydrogen (secondary N) is 1. The van der Waals surface area contributed by atoms with E-state index in [1.807, 2.05) is 61.1 Å². The first-order valence-electron chi connectivity index (χ1n) is 9.85. The van der Waals surface area contributed by atoms with Gasteiger partial charge in [0.1, 0.15) is 5.56 Å². The quantitative estimate of drug-likeness (QED) is 0.545. The van der Waals surface area contributed by atoms with Crippen LogP contribution in [-0.2, 0) is 6.54 Å². The first-order valence-corrected chi connectivity index (χ1v) is 9.85. The molecule has 1 atom stereocenters. The average molecular weight is 388 g/mol. The van der Waals surface area contributed by atoms with Gasteiger partial charge in [-0.2, -0.15) is 10.2 Å². The van der Waals surface area contributed by atoms with Crippen molar-refractivity contribution in [3.05, 3.63) is 71.8 Å². The number of aryl methyl sites for hydroxylation is 2. The fourth-order valence-electron chi connectivity index (χ4n) is 3.53. The van der Waals surface area contributed by atoms with E-state index < -0.39 is 0 Å². The minimum absolute atomic E-state index is 0.0631. The number of fused-ring (bicyclic) bond motifs is 1. The van der Waals surface area contributed by atoms with Crippen LogP contribution in [0.3, 0.4) is 0 Å². The van der Waals surface area contributed by atoms with Crippen molar-refractivity contribution in [2.24, 2.45) is 0 Å². The Bertz CT molecular complexity index is 1140. The van der Waals surface area contributed by atoms with Crippen LogP contribution in [0.4, 0.5) is 0 Å². The molecule has 3 aromatic heterocycles. The van der Waals surface area contributed by atoms with Crippen molar-refractivity contribution in [1.29, 1.82) is 0 Å². The number of amides is 1. The zero-order valence-electron chi connectivity index (χ0n) is 16.8. The molecule has 29 heavy (non-hydrogen) atoms. The molecule has 0 aliphatic heterocycles. The minimum Gasteiger partial charge on any atom is -0.345 e. The lowest BCUT2D eigenvalue weighted by Crippen LogP contribution is -2.28. The Morgan fingerprint density at radius 3 is 2.66 bits per heavy atom. The molecule has 0 spiro atoms. The number of benzene rings is 1. The molecule has 0 aliphatic carbocycles. The van der Waals surface area contributed by atoms with Gasteiger partial charge in [-0.25, -0.2) is 9.50 Å². The van der Waals surface area contributed by atoms with Gasteiger partial charge >= 0.3 is 0 Å². The standard InChI is InChI=1S/C22H24N6O/c1-4-19(16-9-7-6-8-10-16)25-22(29)17-13-24-28-20(11-12-23-21(17)28)18-14-27(5-2)26-15(18)3/h6-14,19H,4-5H2,1-3H3,(H,25,29). The molecule has 7 nitrogen and oxygen atoms in total. The molecule has 0 radical (unpaired) electrons. The Kier molecular flexibility index (Phi) is 5.12. The Balaban J connectivity index is 1.69. The second kappa shape index (κ2) is 7.87. The van der Waals surface area contributed by atoms with E-state index in [-0.39, 0.29) is 11.9 Å². The highest BCUT2D eigenvalue weighted by molar-refractivity contribution is 6.00. The summed E-state index contributed by atoms with van der Waals surface area (Å²) in [5.74, 6) is -0.179. The number of hydrogen-bond acceptors (Lipinski definition) is 4. The third-order valence-electron chi connectivity index (χ3n) is 5.11. The lowest BCUT2D eigenvalue weighted by molar-refractivity contribution is 0.0937. The predicted octanol–water partition coefficient (Wildman–Crippen LogP) is 3.80. The lowest BCUT2D eigenvalue weighted by Gasteiger charge is -2.17. The first kappa shape index (κ1) is 18.9. The highest BCUT2D eigenvalue weighted by Gasteiger charge is 2.20. The molecule has 1 unspecified atom stereocenters. The van der Waals surface area contributed by atoms with E-state index in [4.69, 9.17) is 0 Å². The van der Waals surface area contributed by atoms with E-state index in [1.54, 1.807) is 16.9 Å². The van der Waals surface area contributed by atoms with Crippen molar-refractivity contribution in [3.63, 3.8) is 0 Å². The smallest absolute Gasteiger partial charge is 0.257 e. The summed E-state index contributed by atoms with van der Waals surface area (Å²) < 4.78 is 3.60. The third-order valence-corrected chi connectivity index (χ3v) is 5.11. The van der Waals surface area contributed by atoms with Gasteiger partial charge in [0, 0.05) is 24.5 Å². The van der Waals surface area contributed by atoms with Crippen molar-refractivity contribution >= 4 is 11.6 Å². The summed E-state index contributed by atoms with van der Waals surface area (Å²) >= 11 is 0. The Labute approximate surface area is 169 Å². The van der Waals surface area contributed by atoms with Gasteiger partial charge in [0.05, 0.1) is 23.6 Å².